The molecule has 0 radical (unpaired) electrons. The fourth-order valence-electron chi connectivity index (χ4n) is 2.24. The summed E-state index contributed by atoms with van der Waals surface area (Å²) in [4.78, 5) is 17.9. The third kappa shape index (κ3) is 4.59. The molecule has 0 unspecified atom stereocenters. The Hall–Kier alpha value is -1.99. The highest BCUT2D eigenvalue weighted by Crippen LogP contribution is 2.33. The number of hydrogen-bond acceptors (Lipinski definition) is 3. The Morgan fingerprint density at radius 1 is 1.15 bits per heavy atom. The van der Waals surface area contributed by atoms with Crippen molar-refractivity contribution < 1.29 is 18.0 Å². The van der Waals surface area contributed by atoms with Gasteiger partial charge in [-0.2, -0.15) is 13.2 Å². The fourth-order valence-corrected chi connectivity index (χ4v) is 2.58. The van der Waals surface area contributed by atoms with E-state index in [1.165, 1.54) is 4.90 Å². The zero-order chi connectivity index (χ0) is 19.7. The van der Waals surface area contributed by atoms with Gasteiger partial charge < -0.3 is 10.2 Å². The average molecular weight is 406 g/mol. The number of anilines is 2. The van der Waals surface area contributed by atoms with Crippen LogP contribution >= 0.6 is 23.2 Å². The van der Waals surface area contributed by atoms with E-state index in [1.54, 1.807) is 45.2 Å². The molecule has 0 aliphatic heterocycles. The molecule has 2 aromatic rings. The van der Waals surface area contributed by atoms with Crippen molar-refractivity contribution in [3.05, 3.63) is 52.1 Å². The molecule has 1 N–H and O–H groups in total. The van der Waals surface area contributed by atoms with Crippen molar-refractivity contribution in [2.45, 2.75) is 25.6 Å². The van der Waals surface area contributed by atoms with Gasteiger partial charge in [0.05, 0.1) is 10.6 Å². The van der Waals surface area contributed by atoms with Crippen LogP contribution in [0.25, 0.3) is 0 Å². The number of likely N-dealkylation sites (N-methyl/N-ethyl adjacent to an activating group) is 1. The predicted molar refractivity (Wildman–Crippen MR) is 96.8 cm³/mol. The van der Waals surface area contributed by atoms with E-state index < -0.39 is 17.3 Å². The van der Waals surface area contributed by atoms with E-state index in [0.717, 1.165) is 6.07 Å². The molecule has 0 saturated carbocycles. The highest BCUT2D eigenvalue weighted by Gasteiger charge is 2.34. The molecule has 140 valence electrons. The molecule has 9 heteroatoms. The lowest BCUT2D eigenvalue weighted by molar-refractivity contribution is -0.137. The normalized spacial score (nSPS) is 12.0. The Bertz CT molecular complexity index is 808. The first-order valence-electron chi connectivity index (χ1n) is 7.46. The molecule has 0 aliphatic carbocycles. The molecule has 0 atom stereocenters. The summed E-state index contributed by atoms with van der Waals surface area (Å²) in [6.07, 6.45) is -3.88. The number of amides is 1. The average Bonchev–Trinajstić information content (AvgIpc) is 2.55. The van der Waals surface area contributed by atoms with Crippen LogP contribution in [0.4, 0.5) is 24.7 Å². The van der Waals surface area contributed by atoms with Crippen molar-refractivity contribution in [3.8, 4) is 0 Å². The van der Waals surface area contributed by atoms with E-state index in [1.807, 2.05) is 0 Å². The molecule has 0 bridgehead atoms. The number of carbonyl (C=O) groups is 1. The van der Waals surface area contributed by atoms with Crippen molar-refractivity contribution >= 4 is 40.6 Å². The van der Waals surface area contributed by atoms with Crippen LogP contribution in [0.2, 0.25) is 10.0 Å². The first kappa shape index (κ1) is 20.3. The van der Waals surface area contributed by atoms with E-state index in [2.05, 4.69) is 10.3 Å². The first-order valence-corrected chi connectivity index (χ1v) is 8.22. The van der Waals surface area contributed by atoms with E-state index in [-0.39, 0.29) is 16.7 Å². The second-order valence-corrected chi connectivity index (χ2v) is 6.99. The minimum absolute atomic E-state index is 0.0116. The number of hydrogen-bond donors (Lipinski definition) is 1. The fraction of sp³-hybridized carbons (Fsp3) is 0.294. The highest BCUT2D eigenvalue weighted by molar-refractivity contribution is 6.33. The maximum absolute atomic E-state index is 12.8. The van der Waals surface area contributed by atoms with Crippen LogP contribution in [-0.4, -0.2) is 23.5 Å². The zero-order valence-corrected chi connectivity index (χ0v) is 15.7. The summed E-state index contributed by atoms with van der Waals surface area (Å²) in [6.45, 7) is 3.16. The Morgan fingerprint density at radius 3 is 2.23 bits per heavy atom. The van der Waals surface area contributed by atoms with Crippen LogP contribution in [0.15, 0.2) is 36.5 Å². The van der Waals surface area contributed by atoms with Gasteiger partial charge in [0.15, 0.2) is 0 Å². The lowest BCUT2D eigenvalue weighted by Gasteiger charge is -2.31. The van der Waals surface area contributed by atoms with E-state index in [4.69, 9.17) is 23.2 Å². The molecule has 1 amide bonds. The van der Waals surface area contributed by atoms with Crippen LogP contribution in [0.1, 0.15) is 19.4 Å². The molecule has 0 aliphatic rings. The molecule has 4 nitrogen and oxygen atoms in total. The third-order valence-corrected chi connectivity index (χ3v) is 4.19. The number of alkyl halides is 3. The number of aromatic nitrogens is 1. The number of carbonyl (C=O) groups excluding carboxylic acids is 1. The number of benzene rings is 1. The monoisotopic (exact) mass is 405 g/mol. The summed E-state index contributed by atoms with van der Waals surface area (Å²) in [6, 6.07) is 7.42. The summed E-state index contributed by atoms with van der Waals surface area (Å²) in [7, 11) is 1.58. The Kier molecular flexibility index (Phi) is 5.73. The van der Waals surface area contributed by atoms with Crippen molar-refractivity contribution in [1.82, 2.24) is 4.98 Å². The van der Waals surface area contributed by atoms with Gasteiger partial charge in [0, 0.05) is 24.0 Å². The van der Waals surface area contributed by atoms with Gasteiger partial charge in [-0.3, -0.25) is 4.79 Å². The van der Waals surface area contributed by atoms with Crippen molar-refractivity contribution in [2.75, 3.05) is 17.3 Å². The maximum Gasteiger partial charge on any atom is 0.417 e. The van der Waals surface area contributed by atoms with Crippen LogP contribution in [0.5, 0.6) is 0 Å². The standard InChI is InChI=1S/C17H16Cl2F3N3O/c1-16(2,15(26)25(3)12-6-4-11(18)5-7-12)24-14-13(19)8-10(9-23-14)17(20,21)22/h4-9H,1-3H3,(H,23,24). The van der Waals surface area contributed by atoms with Gasteiger partial charge in [0.2, 0.25) is 0 Å². The zero-order valence-electron chi connectivity index (χ0n) is 14.2. The van der Waals surface area contributed by atoms with Crippen molar-refractivity contribution in [2.24, 2.45) is 0 Å². The quantitative estimate of drug-likeness (QED) is 0.754. The Balaban J connectivity index is 2.22. The van der Waals surface area contributed by atoms with Gasteiger partial charge >= 0.3 is 6.18 Å². The highest BCUT2D eigenvalue weighted by atomic mass is 35.5. The molecule has 2 rings (SSSR count). The summed E-state index contributed by atoms with van der Waals surface area (Å²) < 4.78 is 38.1. The molecular weight excluding hydrogens is 390 g/mol. The molecular formula is C17H16Cl2F3N3O. The maximum atomic E-state index is 12.8. The number of pyridine rings is 1. The molecule has 1 aromatic carbocycles. The third-order valence-electron chi connectivity index (χ3n) is 3.65. The summed E-state index contributed by atoms with van der Waals surface area (Å²) in [5, 5.41) is 3.11. The largest absolute Gasteiger partial charge is 0.417 e. The summed E-state index contributed by atoms with van der Waals surface area (Å²) >= 11 is 11.7. The lowest BCUT2D eigenvalue weighted by Crippen LogP contribution is -2.49. The van der Waals surface area contributed by atoms with Gasteiger partial charge in [-0.15, -0.1) is 0 Å². The second kappa shape index (κ2) is 7.32. The minimum atomic E-state index is -4.55. The predicted octanol–water partition coefficient (Wildman–Crippen LogP) is 5.26. The van der Waals surface area contributed by atoms with Gasteiger partial charge in [-0.1, -0.05) is 23.2 Å². The molecule has 1 aromatic heterocycles. The van der Waals surface area contributed by atoms with Gasteiger partial charge in [-0.25, -0.2) is 4.98 Å². The molecule has 1 heterocycles. The molecule has 0 fully saturated rings. The van der Waals surface area contributed by atoms with Crippen molar-refractivity contribution in [3.63, 3.8) is 0 Å². The van der Waals surface area contributed by atoms with Gasteiger partial charge in [0.25, 0.3) is 5.91 Å². The number of nitrogens with zero attached hydrogens (tertiary/aromatic N) is 2. The SMILES string of the molecule is CN(C(=O)C(C)(C)Nc1ncc(C(F)(F)F)cc1Cl)c1ccc(Cl)cc1. The Labute approximate surface area is 158 Å². The van der Waals surface area contributed by atoms with E-state index in [0.29, 0.717) is 16.9 Å². The molecule has 0 saturated heterocycles. The molecule has 26 heavy (non-hydrogen) atoms. The summed E-state index contributed by atoms with van der Waals surface area (Å²) in [5.41, 5.74) is -1.53. The van der Waals surface area contributed by atoms with Crippen LogP contribution in [0.3, 0.4) is 0 Å². The van der Waals surface area contributed by atoms with Gasteiger partial charge in [-0.05, 0) is 44.2 Å². The van der Waals surface area contributed by atoms with Crippen molar-refractivity contribution in [1.29, 1.82) is 0 Å². The Morgan fingerprint density at radius 2 is 1.73 bits per heavy atom. The topological polar surface area (TPSA) is 45.2 Å². The van der Waals surface area contributed by atoms with Crippen LogP contribution in [0, 0.1) is 0 Å². The van der Waals surface area contributed by atoms with Gasteiger partial charge in [0.1, 0.15) is 11.4 Å². The molecule has 0 spiro atoms. The second-order valence-electron chi connectivity index (χ2n) is 6.14. The van der Waals surface area contributed by atoms with E-state index >= 15 is 0 Å². The van der Waals surface area contributed by atoms with Crippen LogP contribution in [-0.2, 0) is 11.0 Å². The number of halogens is 5. The first-order chi connectivity index (χ1) is 11.9. The number of rotatable bonds is 4. The number of nitrogens with one attached hydrogen (secondary N) is 1. The summed E-state index contributed by atoms with van der Waals surface area (Å²) in [5.74, 6) is -0.347. The van der Waals surface area contributed by atoms with E-state index in [9.17, 15) is 18.0 Å². The lowest BCUT2D eigenvalue weighted by atomic mass is 10.0. The van der Waals surface area contributed by atoms with Crippen LogP contribution < -0.4 is 10.2 Å². The smallest absolute Gasteiger partial charge is 0.355 e. The minimum Gasteiger partial charge on any atom is -0.355 e.